The van der Waals surface area contributed by atoms with Gasteiger partial charge in [-0.05, 0) is 12.6 Å². The van der Waals surface area contributed by atoms with Crippen molar-refractivity contribution in [2.24, 2.45) is 5.92 Å². The number of hydrogen-bond acceptors (Lipinski definition) is 4. The average Bonchev–Trinajstić information content (AvgIpc) is 2.56. The van der Waals surface area contributed by atoms with Gasteiger partial charge in [0.2, 0.25) is 5.91 Å². The van der Waals surface area contributed by atoms with Crippen LogP contribution in [0.15, 0.2) is 30.3 Å². The third kappa shape index (κ3) is 6.57. The second-order valence-corrected chi connectivity index (χ2v) is 6.01. The van der Waals surface area contributed by atoms with Crippen LogP contribution in [0, 0.1) is 5.92 Å². The largest absolute Gasteiger partial charge is 0.387 e. The Kier molecular flexibility index (Phi) is 11.2. The predicted octanol–water partition coefficient (Wildman–Crippen LogP) is 1.56. The van der Waals surface area contributed by atoms with Gasteiger partial charge in [-0.2, -0.15) is 0 Å². The molecule has 7 heteroatoms. The highest BCUT2D eigenvalue weighted by Crippen LogP contribution is 2.15. The minimum atomic E-state index is -0.466. The zero-order valence-corrected chi connectivity index (χ0v) is 16.0. The number of β-amino-alcohol motifs (C(OH)–C–C–N with tert-alkyl or cyclic N) is 1. The SMILES string of the molecule is CNCC(C)C(=O)N1CCN(CC(O)c2ccccc2)CC1.Cl.Cl. The lowest BCUT2D eigenvalue weighted by Gasteiger charge is -2.36. The first-order valence-corrected chi connectivity index (χ1v) is 8.00. The molecule has 0 spiro atoms. The average molecular weight is 378 g/mol. The minimum absolute atomic E-state index is 0. The Morgan fingerprint density at radius 2 is 1.75 bits per heavy atom. The molecule has 0 aliphatic carbocycles. The Morgan fingerprint density at radius 1 is 1.17 bits per heavy atom. The van der Waals surface area contributed by atoms with Crippen LogP contribution < -0.4 is 5.32 Å². The quantitative estimate of drug-likeness (QED) is 0.789. The molecule has 1 aliphatic rings. The van der Waals surface area contributed by atoms with Crippen molar-refractivity contribution in [2.75, 3.05) is 46.3 Å². The third-order valence-corrected chi connectivity index (χ3v) is 4.23. The van der Waals surface area contributed by atoms with E-state index in [9.17, 15) is 9.90 Å². The van der Waals surface area contributed by atoms with Crippen LogP contribution in [0.4, 0.5) is 0 Å². The van der Waals surface area contributed by atoms with Gasteiger partial charge in [0.25, 0.3) is 0 Å². The Labute approximate surface area is 157 Å². The fourth-order valence-electron chi connectivity index (χ4n) is 2.88. The topological polar surface area (TPSA) is 55.8 Å². The van der Waals surface area contributed by atoms with Crippen molar-refractivity contribution in [1.29, 1.82) is 0 Å². The van der Waals surface area contributed by atoms with Gasteiger partial charge in [-0.25, -0.2) is 0 Å². The zero-order chi connectivity index (χ0) is 15.9. The lowest BCUT2D eigenvalue weighted by atomic mass is 10.1. The van der Waals surface area contributed by atoms with Crippen LogP contribution in [0.25, 0.3) is 0 Å². The van der Waals surface area contributed by atoms with Crippen molar-refractivity contribution in [1.82, 2.24) is 15.1 Å². The zero-order valence-electron chi connectivity index (χ0n) is 14.4. The summed E-state index contributed by atoms with van der Waals surface area (Å²) >= 11 is 0. The summed E-state index contributed by atoms with van der Waals surface area (Å²) in [6.07, 6.45) is -0.466. The van der Waals surface area contributed by atoms with E-state index in [1.807, 2.05) is 49.2 Å². The molecule has 0 bridgehead atoms. The third-order valence-electron chi connectivity index (χ3n) is 4.23. The number of aliphatic hydroxyl groups is 1. The normalized spacial score (nSPS) is 17.4. The summed E-state index contributed by atoms with van der Waals surface area (Å²) in [5, 5.41) is 13.3. The summed E-state index contributed by atoms with van der Waals surface area (Å²) in [5.41, 5.74) is 0.948. The van der Waals surface area contributed by atoms with E-state index in [0.717, 1.165) is 31.7 Å². The first-order valence-electron chi connectivity index (χ1n) is 8.00. The summed E-state index contributed by atoms with van der Waals surface area (Å²) < 4.78 is 0. The summed E-state index contributed by atoms with van der Waals surface area (Å²) in [6.45, 7) is 6.43. The fraction of sp³-hybridized carbons (Fsp3) is 0.588. The highest BCUT2D eigenvalue weighted by molar-refractivity contribution is 5.85. The molecule has 0 radical (unpaired) electrons. The van der Waals surface area contributed by atoms with Gasteiger partial charge in [0.05, 0.1) is 6.10 Å². The minimum Gasteiger partial charge on any atom is -0.387 e. The Bertz CT molecular complexity index is 468. The van der Waals surface area contributed by atoms with Crippen LogP contribution in [0.1, 0.15) is 18.6 Å². The molecule has 1 aromatic carbocycles. The van der Waals surface area contributed by atoms with Crippen molar-refractivity contribution in [3.63, 3.8) is 0 Å². The number of amides is 1. The van der Waals surface area contributed by atoms with Gasteiger partial charge in [0.15, 0.2) is 0 Å². The summed E-state index contributed by atoms with van der Waals surface area (Å²) in [4.78, 5) is 16.4. The van der Waals surface area contributed by atoms with Gasteiger partial charge >= 0.3 is 0 Å². The molecule has 5 nitrogen and oxygen atoms in total. The van der Waals surface area contributed by atoms with Crippen molar-refractivity contribution in [3.8, 4) is 0 Å². The van der Waals surface area contributed by atoms with Gasteiger partial charge < -0.3 is 15.3 Å². The van der Waals surface area contributed by atoms with Gasteiger partial charge in [0, 0.05) is 45.2 Å². The number of carbonyl (C=O) groups excluding carboxylic acids is 1. The van der Waals surface area contributed by atoms with E-state index in [1.165, 1.54) is 0 Å². The van der Waals surface area contributed by atoms with E-state index in [1.54, 1.807) is 0 Å². The summed E-state index contributed by atoms with van der Waals surface area (Å²) in [6, 6.07) is 9.73. The molecule has 0 aromatic heterocycles. The fourth-order valence-corrected chi connectivity index (χ4v) is 2.88. The molecule has 2 unspecified atom stereocenters. The van der Waals surface area contributed by atoms with E-state index in [4.69, 9.17) is 0 Å². The number of nitrogens with one attached hydrogen (secondary N) is 1. The molecule has 1 aromatic rings. The van der Waals surface area contributed by atoms with Gasteiger partial charge in [-0.1, -0.05) is 37.3 Å². The Balaban J connectivity index is 0.00000264. The van der Waals surface area contributed by atoms with Crippen molar-refractivity contribution >= 4 is 30.7 Å². The molecule has 0 saturated carbocycles. The number of aliphatic hydroxyl groups excluding tert-OH is 1. The highest BCUT2D eigenvalue weighted by atomic mass is 35.5. The summed E-state index contributed by atoms with van der Waals surface area (Å²) in [5.74, 6) is 0.240. The number of piperazine rings is 1. The van der Waals surface area contributed by atoms with Crippen molar-refractivity contribution < 1.29 is 9.90 Å². The molecule has 1 aliphatic heterocycles. The molecule has 1 saturated heterocycles. The van der Waals surface area contributed by atoms with Gasteiger partial charge in [0.1, 0.15) is 0 Å². The lowest BCUT2D eigenvalue weighted by Crippen LogP contribution is -2.51. The Morgan fingerprint density at radius 3 is 2.29 bits per heavy atom. The van der Waals surface area contributed by atoms with E-state index < -0.39 is 6.10 Å². The standard InChI is InChI=1S/C17H27N3O2.2ClH/c1-14(12-18-2)17(22)20-10-8-19(9-11-20)13-16(21)15-6-4-3-5-7-15;;/h3-7,14,16,18,21H,8-13H2,1-2H3;2*1H. The maximum atomic E-state index is 12.3. The number of rotatable bonds is 6. The maximum absolute atomic E-state index is 12.3. The molecule has 24 heavy (non-hydrogen) atoms. The first-order chi connectivity index (χ1) is 10.6. The number of halogens is 2. The van der Waals surface area contributed by atoms with Crippen molar-refractivity contribution in [2.45, 2.75) is 13.0 Å². The van der Waals surface area contributed by atoms with Crippen molar-refractivity contribution in [3.05, 3.63) is 35.9 Å². The van der Waals surface area contributed by atoms with E-state index in [2.05, 4.69) is 10.2 Å². The lowest BCUT2D eigenvalue weighted by molar-refractivity contribution is -0.136. The van der Waals surface area contributed by atoms with Crippen LogP contribution in [0.3, 0.4) is 0 Å². The predicted molar refractivity (Wildman–Crippen MR) is 102 cm³/mol. The van der Waals surface area contributed by atoms with Gasteiger partial charge in [-0.3, -0.25) is 9.69 Å². The monoisotopic (exact) mass is 377 g/mol. The van der Waals surface area contributed by atoms with E-state index in [0.29, 0.717) is 13.1 Å². The second kappa shape index (κ2) is 11.7. The molecule has 2 rings (SSSR count). The molecule has 1 amide bonds. The number of benzene rings is 1. The molecule has 138 valence electrons. The maximum Gasteiger partial charge on any atom is 0.226 e. The first kappa shape index (κ1) is 23.1. The molecular weight excluding hydrogens is 349 g/mol. The molecular formula is C17H29Cl2N3O2. The van der Waals surface area contributed by atoms with Crippen LogP contribution in [0.2, 0.25) is 0 Å². The Hall–Kier alpha value is -0.850. The molecule has 2 atom stereocenters. The molecule has 1 fully saturated rings. The smallest absolute Gasteiger partial charge is 0.226 e. The van der Waals surface area contributed by atoms with Crippen LogP contribution in [-0.2, 0) is 4.79 Å². The van der Waals surface area contributed by atoms with Crippen LogP contribution in [-0.4, -0.2) is 67.1 Å². The second-order valence-electron chi connectivity index (χ2n) is 6.01. The highest BCUT2D eigenvalue weighted by Gasteiger charge is 2.25. The molecule has 2 N–H and O–H groups in total. The molecule has 1 heterocycles. The van der Waals surface area contributed by atoms with Crippen LogP contribution in [0.5, 0.6) is 0 Å². The van der Waals surface area contributed by atoms with E-state index in [-0.39, 0.29) is 36.6 Å². The number of nitrogens with zero attached hydrogens (tertiary/aromatic N) is 2. The number of hydrogen-bond donors (Lipinski definition) is 2. The van der Waals surface area contributed by atoms with E-state index >= 15 is 0 Å². The van der Waals surface area contributed by atoms with Gasteiger partial charge in [-0.15, -0.1) is 24.8 Å². The van der Waals surface area contributed by atoms with Crippen LogP contribution >= 0.6 is 24.8 Å². The number of carbonyl (C=O) groups is 1. The summed E-state index contributed by atoms with van der Waals surface area (Å²) in [7, 11) is 1.87.